The Labute approximate surface area is 133 Å². The second-order valence-corrected chi connectivity index (χ2v) is 7.16. The van der Waals surface area contributed by atoms with Crippen LogP contribution >= 0.6 is 0 Å². The van der Waals surface area contributed by atoms with Gasteiger partial charge < -0.3 is 5.32 Å². The SMILES string of the molecule is C=C1Nc2ccc(C)cc2-c2cc(/C=C/C(C)(C)C)ccc21. The summed E-state index contributed by atoms with van der Waals surface area (Å²) in [5, 5.41) is 3.41. The zero-order chi connectivity index (χ0) is 15.9. The molecule has 0 aliphatic carbocycles. The maximum atomic E-state index is 4.16. The van der Waals surface area contributed by atoms with Gasteiger partial charge in [-0.05, 0) is 41.7 Å². The van der Waals surface area contributed by atoms with Crippen LogP contribution in [0, 0.1) is 12.3 Å². The number of anilines is 1. The van der Waals surface area contributed by atoms with Crippen LogP contribution in [0.25, 0.3) is 22.9 Å². The van der Waals surface area contributed by atoms with Gasteiger partial charge in [-0.1, -0.05) is 63.3 Å². The average Bonchev–Trinajstić information content (AvgIpc) is 2.45. The summed E-state index contributed by atoms with van der Waals surface area (Å²) < 4.78 is 0. The number of nitrogens with one attached hydrogen (secondary N) is 1. The molecule has 0 fully saturated rings. The first-order chi connectivity index (χ1) is 10.3. The van der Waals surface area contributed by atoms with Crippen LogP contribution < -0.4 is 5.32 Å². The lowest BCUT2D eigenvalue weighted by atomic mass is 9.89. The van der Waals surface area contributed by atoms with Crippen molar-refractivity contribution in [1.82, 2.24) is 0 Å². The molecule has 0 radical (unpaired) electrons. The summed E-state index contributed by atoms with van der Waals surface area (Å²) in [6.07, 6.45) is 4.46. The molecule has 1 nitrogen and oxygen atoms in total. The zero-order valence-electron chi connectivity index (χ0n) is 13.8. The van der Waals surface area contributed by atoms with Gasteiger partial charge in [-0.2, -0.15) is 0 Å². The predicted molar refractivity (Wildman–Crippen MR) is 97.8 cm³/mol. The summed E-state index contributed by atoms with van der Waals surface area (Å²) >= 11 is 0. The molecule has 1 aliphatic rings. The molecule has 22 heavy (non-hydrogen) atoms. The quantitative estimate of drug-likeness (QED) is 0.667. The van der Waals surface area contributed by atoms with Crippen molar-refractivity contribution in [3.05, 3.63) is 65.7 Å². The Morgan fingerprint density at radius 1 is 0.955 bits per heavy atom. The molecule has 2 aromatic rings. The summed E-state index contributed by atoms with van der Waals surface area (Å²) in [4.78, 5) is 0. The molecular weight excluding hydrogens is 266 g/mol. The molecule has 3 rings (SSSR count). The van der Waals surface area contributed by atoms with Crippen molar-refractivity contribution in [3.8, 4) is 11.1 Å². The summed E-state index contributed by atoms with van der Waals surface area (Å²) in [6.45, 7) is 12.9. The summed E-state index contributed by atoms with van der Waals surface area (Å²) in [5.74, 6) is 0. The second-order valence-electron chi connectivity index (χ2n) is 7.16. The Morgan fingerprint density at radius 3 is 2.45 bits per heavy atom. The number of benzene rings is 2. The highest BCUT2D eigenvalue weighted by atomic mass is 14.9. The van der Waals surface area contributed by atoms with Crippen molar-refractivity contribution < 1.29 is 0 Å². The zero-order valence-corrected chi connectivity index (χ0v) is 13.8. The summed E-state index contributed by atoms with van der Waals surface area (Å²) in [7, 11) is 0. The second kappa shape index (κ2) is 5.17. The van der Waals surface area contributed by atoms with Crippen LogP contribution in [0.4, 0.5) is 5.69 Å². The molecular formula is C21H23N. The Balaban J connectivity index is 2.12. The molecule has 0 spiro atoms. The minimum absolute atomic E-state index is 0.190. The highest BCUT2D eigenvalue weighted by Gasteiger charge is 2.18. The van der Waals surface area contributed by atoms with Crippen LogP contribution in [-0.2, 0) is 0 Å². The molecule has 0 aromatic heterocycles. The van der Waals surface area contributed by atoms with E-state index in [1.807, 2.05) is 0 Å². The van der Waals surface area contributed by atoms with Crippen LogP contribution in [0.1, 0.15) is 37.5 Å². The molecule has 0 saturated heterocycles. The first-order valence-electron chi connectivity index (χ1n) is 7.74. The number of allylic oxidation sites excluding steroid dienone is 1. The van der Waals surface area contributed by atoms with E-state index in [2.05, 4.69) is 88.1 Å². The fourth-order valence-corrected chi connectivity index (χ4v) is 2.72. The maximum Gasteiger partial charge on any atom is 0.0464 e. The third-order valence-corrected chi connectivity index (χ3v) is 3.90. The van der Waals surface area contributed by atoms with Crippen molar-refractivity contribution in [2.24, 2.45) is 5.41 Å². The first kappa shape index (κ1) is 14.6. The molecule has 0 atom stereocenters. The van der Waals surface area contributed by atoms with Crippen LogP contribution in [0.2, 0.25) is 0 Å². The first-order valence-corrected chi connectivity index (χ1v) is 7.74. The number of aryl methyl sites for hydroxylation is 1. The third-order valence-electron chi connectivity index (χ3n) is 3.90. The Morgan fingerprint density at radius 2 is 1.73 bits per heavy atom. The minimum atomic E-state index is 0.190. The lowest BCUT2D eigenvalue weighted by molar-refractivity contribution is 0.547. The van der Waals surface area contributed by atoms with Crippen molar-refractivity contribution in [1.29, 1.82) is 0 Å². The molecule has 0 saturated carbocycles. The van der Waals surface area contributed by atoms with Gasteiger partial charge in [-0.25, -0.2) is 0 Å². The van der Waals surface area contributed by atoms with E-state index in [0.717, 1.165) is 11.4 Å². The minimum Gasteiger partial charge on any atom is -0.355 e. The molecule has 1 heterocycles. The molecule has 1 N–H and O–H groups in total. The number of fused-ring (bicyclic) bond motifs is 3. The van der Waals surface area contributed by atoms with E-state index in [-0.39, 0.29) is 5.41 Å². The van der Waals surface area contributed by atoms with Gasteiger partial charge in [0.05, 0.1) is 0 Å². The normalized spacial score (nSPS) is 13.7. The van der Waals surface area contributed by atoms with Crippen molar-refractivity contribution in [2.75, 3.05) is 5.32 Å². The van der Waals surface area contributed by atoms with Gasteiger partial charge in [0, 0.05) is 22.5 Å². The third kappa shape index (κ3) is 2.85. The number of hydrogen-bond acceptors (Lipinski definition) is 1. The average molecular weight is 289 g/mol. The Bertz CT molecular complexity index is 773. The smallest absolute Gasteiger partial charge is 0.0464 e. The predicted octanol–water partition coefficient (Wildman–Crippen LogP) is 6.12. The van der Waals surface area contributed by atoms with Crippen LogP contribution in [0.5, 0.6) is 0 Å². The summed E-state index contributed by atoms with van der Waals surface area (Å²) in [5.41, 5.74) is 8.51. The van der Waals surface area contributed by atoms with Gasteiger partial charge >= 0.3 is 0 Å². The van der Waals surface area contributed by atoms with Crippen molar-refractivity contribution in [2.45, 2.75) is 27.7 Å². The van der Waals surface area contributed by atoms with E-state index in [4.69, 9.17) is 0 Å². The Kier molecular flexibility index (Phi) is 3.44. The van der Waals surface area contributed by atoms with Gasteiger partial charge in [0.2, 0.25) is 0 Å². The van der Waals surface area contributed by atoms with Gasteiger partial charge in [0.15, 0.2) is 0 Å². The van der Waals surface area contributed by atoms with Crippen LogP contribution in [0.3, 0.4) is 0 Å². The van der Waals surface area contributed by atoms with Crippen LogP contribution in [0.15, 0.2) is 49.1 Å². The molecule has 0 unspecified atom stereocenters. The maximum absolute atomic E-state index is 4.16. The fraction of sp³-hybridized carbons (Fsp3) is 0.238. The van der Waals surface area contributed by atoms with E-state index < -0.39 is 0 Å². The molecule has 1 aliphatic heterocycles. The standard InChI is InChI=1S/C21H23N/c1-14-6-9-20-19(12-14)18-13-16(10-11-21(3,4)5)7-8-17(18)15(2)22-20/h6-13,22H,2H2,1,3-5H3/b11-10+. The van der Waals surface area contributed by atoms with E-state index in [0.29, 0.717) is 0 Å². The molecule has 1 heteroatoms. The molecule has 2 aromatic carbocycles. The van der Waals surface area contributed by atoms with E-state index >= 15 is 0 Å². The van der Waals surface area contributed by atoms with E-state index in [1.165, 1.54) is 27.8 Å². The van der Waals surface area contributed by atoms with E-state index in [9.17, 15) is 0 Å². The van der Waals surface area contributed by atoms with Gasteiger partial charge in [0.25, 0.3) is 0 Å². The monoisotopic (exact) mass is 289 g/mol. The molecule has 0 amide bonds. The highest BCUT2D eigenvalue weighted by Crippen LogP contribution is 2.40. The number of rotatable bonds is 1. The van der Waals surface area contributed by atoms with Gasteiger partial charge in [0.1, 0.15) is 0 Å². The summed E-state index contributed by atoms with van der Waals surface area (Å²) in [6, 6.07) is 13.1. The van der Waals surface area contributed by atoms with Crippen LogP contribution in [-0.4, -0.2) is 0 Å². The number of hydrogen-bond donors (Lipinski definition) is 1. The van der Waals surface area contributed by atoms with Gasteiger partial charge in [-0.3, -0.25) is 0 Å². The highest BCUT2D eigenvalue weighted by molar-refractivity contribution is 5.97. The van der Waals surface area contributed by atoms with Gasteiger partial charge in [-0.15, -0.1) is 0 Å². The van der Waals surface area contributed by atoms with Crippen molar-refractivity contribution >= 4 is 17.5 Å². The largest absolute Gasteiger partial charge is 0.355 e. The topological polar surface area (TPSA) is 12.0 Å². The lowest BCUT2D eigenvalue weighted by Crippen LogP contribution is -2.07. The van der Waals surface area contributed by atoms with E-state index in [1.54, 1.807) is 0 Å². The lowest BCUT2D eigenvalue weighted by Gasteiger charge is -2.24. The molecule has 112 valence electrons. The van der Waals surface area contributed by atoms with Crippen molar-refractivity contribution in [3.63, 3.8) is 0 Å². The fourth-order valence-electron chi connectivity index (χ4n) is 2.72. The Hall–Kier alpha value is -2.28. The molecule has 0 bridgehead atoms.